The lowest BCUT2D eigenvalue weighted by Gasteiger charge is -2.27. The summed E-state index contributed by atoms with van der Waals surface area (Å²) >= 11 is 6.03. The second-order valence-corrected chi connectivity index (χ2v) is 6.86. The third-order valence-corrected chi connectivity index (χ3v) is 4.94. The summed E-state index contributed by atoms with van der Waals surface area (Å²) in [4.78, 5) is 24.0. The van der Waals surface area contributed by atoms with Crippen LogP contribution >= 0.6 is 11.6 Å². The number of carbonyl (C=O) groups excluding carboxylic acids is 2. The van der Waals surface area contributed by atoms with Gasteiger partial charge in [-0.1, -0.05) is 24.6 Å². The fraction of sp³-hybridized carbons (Fsp3) is 0.600. The van der Waals surface area contributed by atoms with Crippen molar-refractivity contribution in [3.05, 3.63) is 35.1 Å². The lowest BCUT2D eigenvalue weighted by Crippen LogP contribution is -2.44. The molecule has 1 aliphatic heterocycles. The summed E-state index contributed by atoms with van der Waals surface area (Å²) in [5.74, 6) is 0.473. The Bertz CT molecular complexity index is 604. The van der Waals surface area contributed by atoms with Gasteiger partial charge in [-0.05, 0) is 37.8 Å². The molecule has 2 unspecified atom stereocenters. The van der Waals surface area contributed by atoms with E-state index in [1.807, 2.05) is 13.0 Å². The maximum Gasteiger partial charge on any atom is 0.407 e. The van der Waals surface area contributed by atoms with Crippen LogP contribution < -0.4 is 10.6 Å². The summed E-state index contributed by atoms with van der Waals surface area (Å²) in [6.07, 6.45) is 7.55. The van der Waals surface area contributed by atoms with E-state index in [-0.39, 0.29) is 12.6 Å². The second-order valence-electron chi connectivity index (χ2n) is 6.59. The zero-order valence-electron chi connectivity index (χ0n) is 16.9. The van der Waals surface area contributed by atoms with E-state index >= 15 is 0 Å². The number of aliphatic hydroxyl groups excluding tert-OH is 1. The first kappa shape index (κ1) is 24.2. The molecule has 0 aromatic rings. The number of nitrogens with zero attached hydrogens (tertiary/aromatic N) is 1. The number of rotatable bonds is 10. The molecule has 8 heteroatoms. The van der Waals surface area contributed by atoms with Crippen LogP contribution in [-0.2, 0) is 9.53 Å². The molecule has 0 fully saturated rings. The van der Waals surface area contributed by atoms with Crippen molar-refractivity contribution >= 4 is 24.0 Å². The van der Waals surface area contributed by atoms with Crippen molar-refractivity contribution in [3.8, 4) is 0 Å². The van der Waals surface area contributed by atoms with E-state index in [1.165, 1.54) is 7.11 Å². The Balaban J connectivity index is 3.02. The van der Waals surface area contributed by atoms with Gasteiger partial charge in [0.15, 0.2) is 0 Å². The molecule has 0 aromatic heterocycles. The van der Waals surface area contributed by atoms with Gasteiger partial charge in [-0.2, -0.15) is 0 Å². The van der Waals surface area contributed by atoms with Gasteiger partial charge >= 0.3 is 6.09 Å². The molecule has 1 amide bonds. The molecule has 28 heavy (non-hydrogen) atoms. The Hall–Kier alpha value is -1.83. The average Bonchev–Trinajstić information content (AvgIpc) is 2.82. The van der Waals surface area contributed by atoms with Gasteiger partial charge in [-0.25, -0.2) is 4.79 Å². The Morgan fingerprint density at radius 1 is 1.46 bits per heavy atom. The molecule has 0 saturated heterocycles. The number of hydrogen-bond donors (Lipinski definition) is 3. The average molecular weight is 414 g/mol. The van der Waals surface area contributed by atoms with Crippen molar-refractivity contribution in [2.24, 2.45) is 0 Å². The first-order valence-corrected chi connectivity index (χ1v) is 10.1. The van der Waals surface area contributed by atoms with E-state index in [2.05, 4.69) is 28.4 Å². The van der Waals surface area contributed by atoms with Crippen molar-refractivity contribution in [3.63, 3.8) is 0 Å². The van der Waals surface area contributed by atoms with Crippen molar-refractivity contribution < 1.29 is 19.4 Å². The molecular formula is C20H32ClN3O4. The molecule has 1 aliphatic rings. The van der Waals surface area contributed by atoms with E-state index in [4.69, 9.17) is 11.6 Å². The summed E-state index contributed by atoms with van der Waals surface area (Å²) in [5.41, 5.74) is 2.91. The smallest absolute Gasteiger partial charge is 0.407 e. The minimum Gasteiger partial charge on any atom is -0.453 e. The zero-order chi connectivity index (χ0) is 20.9. The first-order valence-electron chi connectivity index (χ1n) is 9.54. The monoisotopic (exact) mass is 413 g/mol. The van der Waals surface area contributed by atoms with Crippen molar-refractivity contribution in [2.75, 3.05) is 32.6 Å². The summed E-state index contributed by atoms with van der Waals surface area (Å²) in [7, 11) is 1.32. The Morgan fingerprint density at radius 3 is 2.82 bits per heavy atom. The van der Waals surface area contributed by atoms with Crippen LogP contribution in [-0.4, -0.2) is 67.3 Å². The maximum atomic E-state index is 11.3. The largest absolute Gasteiger partial charge is 0.453 e. The van der Waals surface area contributed by atoms with Gasteiger partial charge in [0.2, 0.25) is 0 Å². The predicted molar refractivity (Wildman–Crippen MR) is 111 cm³/mol. The van der Waals surface area contributed by atoms with Crippen LogP contribution in [0.4, 0.5) is 4.79 Å². The van der Waals surface area contributed by atoms with Gasteiger partial charge in [-0.15, -0.1) is 11.6 Å². The maximum absolute atomic E-state index is 11.3. The topological polar surface area (TPSA) is 90.9 Å². The SMILES string of the molecule is CC/C=C(/CCl)CC/C(=C\CNC(=O)OC)C1=CC(O)N(CC=O)C(C)CN1. The number of aliphatic hydroxyl groups is 1. The van der Waals surface area contributed by atoms with Crippen LogP contribution in [0.5, 0.6) is 0 Å². The minimum atomic E-state index is -0.874. The number of ether oxygens (including phenoxy) is 1. The molecule has 0 aromatic carbocycles. The lowest BCUT2D eigenvalue weighted by atomic mass is 10.0. The van der Waals surface area contributed by atoms with E-state index in [1.54, 1.807) is 11.0 Å². The molecular weight excluding hydrogens is 382 g/mol. The number of nitrogens with one attached hydrogen (secondary N) is 2. The van der Waals surface area contributed by atoms with Crippen LogP contribution in [0.3, 0.4) is 0 Å². The molecule has 0 aliphatic carbocycles. The number of allylic oxidation sites excluding steroid dienone is 3. The summed E-state index contributed by atoms with van der Waals surface area (Å²) < 4.78 is 4.60. The second kappa shape index (κ2) is 13.4. The lowest BCUT2D eigenvalue weighted by molar-refractivity contribution is -0.111. The molecule has 0 bridgehead atoms. The van der Waals surface area contributed by atoms with Crippen molar-refractivity contribution in [1.29, 1.82) is 0 Å². The number of aldehydes is 1. The highest BCUT2D eigenvalue weighted by atomic mass is 35.5. The molecule has 2 atom stereocenters. The van der Waals surface area contributed by atoms with Crippen molar-refractivity contribution in [2.45, 2.75) is 45.4 Å². The van der Waals surface area contributed by atoms with Crippen LogP contribution in [0.2, 0.25) is 0 Å². The van der Waals surface area contributed by atoms with E-state index in [0.717, 1.165) is 36.0 Å². The molecule has 0 saturated carbocycles. The van der Waals surface area contributed by atoms with Gasteiger partial charge < -0.3 is 25.3 Å². The third-order valence-electron chi connectivity index (χ3n) is 4.60. The normalized spacial score (nSPS) is 21.4. The summed E-state index contributed by atoms with van der Waals surface area (Å²) in [5, 5.41) is 16.5. The predicted octanol–water partition coefficient (Wildman–Crippen LogP) is 2.32. The summed E-state index contributed by atoms with van der Waals surface area (Å²) in [6.45, 7) is 5.07. The van der Waals surface area contributed by atoms with Crippen LogP contribution in [0.15, 0.2) is 35.1 Å². The molecule has 1 rings (SSSR count). The number of amides is 1. The Kier molecular flexibility index (Phi) is 11.6. The van der Waals surface area contributed by atoms with Crippen molar-refractivity contribution in [1.82, 2.24) is 15.5 Å². The molecule has 3 N–H and O–H groups in total. The number of alkyl carbamates (subject to hydrolysis) is 1. The number of carbonyl (C=O) groups is 2. The zero-order valence-corrected chi connectivity index (χ0v) is 17.7. The van der Waals surface area contributed by atoms with Gasteiger partial charge in [0.25, 0.3) is 0 Å². The standard InChI is InChI=1S/C20H32ClN3O4/c1-4-5-16(13-21)6-7-17(8-9-22-20(27)28-3)18-12-19(26)24(10-11-25)15(2)14-23-18/h5,8,11-12,15,19,23,26H,4,6-7,9-10,13-14H2,1-3H3,(H,22,27)/b16-5+,17-8+. The fourth-order valence-corrected chi connectivity index (χ4v) is 3.26. The molecule has 7 nitrogen and oxygen atoms in total. The van der Waals surface area contributed by atoms with Gasteiger partial charge in [-0.3, -0.25) is 4.90 Å². The quantitative estimate of drug-likeness (QED) is 0.289. The Labute approximate surface area is 172 Å². The van der Waals surface area contributed by atoms with Gasteiger partial charge in [0.05, 0.1) is 13.7 Å². The van der Waals surface area contributed by atoms with Crippen LogP contribution in [0, 0.1) is 0 Å². The Morgan fingerprint density at radius 2 is 2.21 bits per heavy atom. The highest BCUT2D eigenvalue weighted by molar-refractivity contribution is 6.19. The molecule has 0 spiro atoms. The van der Waals surface area contributed by atoms with Crippen LogP contribution in [0.1, 0.15) is 33.1 Å². The first-order chi connectivity index (χ1) is 13.5. The molecule has 0 radical (unpaired) electrons. The summed E-state index contributed by atoms with van der Waals surface area (Å²) in [6, 6.07) is -0.0122. The van der Waals surface area contributed by atoms with Gasteiger partial charge in [0, 0.05) is 30.7 Å². The van der Waals surface area contributed by atoms with Crippen LogP contribution in [0.25, 0.3) is 0 Å². The van der Waals surface area contributed by atoms with E-state index in [0.29, 0.717) is 25.4 Å². The van der Waals surface area contributed by atoms with Gasteiger partial charge in [0.1, 0.15) is 12.5 Å². The molecule has 1 heterocycles. The third kappa shape index (κ3) is 8.04. The highest BCUT2D eigenvalue weighted by Gasteiger charge is 2.24. The number of methoxy groups -OCH3 is 1. The number of halogens is 1. The van der Waals surface area contributed by atoms with E-state index < -0.39 is 12.3 Å². The van der Waals surface area contributed by atoms with E-state index in [9.17, 15) is 14.7 Å². The minimum absolute atomic E-state index is 0.0122. The fourth-order valence-electron chi connectivity index (χ4n) is 3.02. The highest BCUT2D eigenvalue weighted by Crippen LogP contribution is 2.22. The number of alkyl halides is 1. The number of hydrogen-bond acceptors (Lipinski definition) is 6. The molecule has 158 valence electrons.